The number of carbonyl (C=O) groups excluding carboxylic acids is 1. The van der Waals surface area contributed by atoms with Crippen molar-refractivity contribution >= 4 is 28.2 Å². The molecule has 1 aromatic rings. The zero-order valence-corrected chi connectivity index (χ0v) is 7.17. The summed E-state index contributed by atoms with van der Waals surface area (Å²) < 4.78 is 0. The number of hydrogen-bond donors (Lipinski definition) is 0. The van der Waals surface area contributed by atoms with Crippen molar-refractivity contribution in [2.75, 3.05) is 0 Å². The molecule has 0 radical (unpaired) electrons. The van der Waals surface area contributed by atoms with Gasteiger partial charge in [0, 0.05) is 18.1 Å². The third kappa shape index (κ3) is 2.49. The van der Waals surface area contributed by atoms with Gasteiger partial charge in [0.1, 0.15) is 0 Å². The Bertz CT molecular complexity index is 208. The second-order valence-electron chi connectivity index (χ2n) is 1.76. The third-order valence-corrected chi connectivity index (χ3v) is 2.39. The molecule has 0 amide bonds. The Balaban J connectivity index is 2.35. The third-order valence-electron chi connectivity index (χ3n) is 0.907. The van der Waals surface area contributed by atoms with E-state index >= 15 is 0 Å². The minimum Gasteiger partial charge on any atom is -0.288 e. The van der Waals surface area contributed by atoms with E-state index in [4.69, 9.17) is 0 Å². The summed E-state index contributed by atoms with van der Waals surface area (Å²) in [4.78, 5) is 14.5. The maximum absolute atomic E-state index is 10.5. The molecule has 0 atom stereocenters. The van der Waals surface area contributed by atoms with Gasteiger partial charge >= 0.3 is 0 Å². The van der Waals surface area contributed by atoms with Gasteiger partial charge in [-0.15, -0.1) is 11.3 Å². The standard InChI is InChI=1S/C6H7NOS2/c1-5(8)10-3-6-2-9-4-7-6/h2,4H,3H2,1H3. The van der Waals surface area contributed by atoms with E-state index < -0.39 is 0 Å². The van der Waals surface area contributed by atoms with E-state index in [-0.39, 0.29) is 5.12 Å². The van der Waals surface area contributed by atoms with Crippen LogP contribution in [0.25, 0.3) is 0 Å². The maximum atomic E-state index is 10.5. The molecular formula is C6H7NOS2. The first-order valence-corrected chi connectivity index (χ1v) is 4.72. The van der Waals surface area contributed by atoms with E-state index in [9.17, 15) is 4.79 Å². The van der Waals surface area contributed by atoms with Crippen molar-refractivity contribution in [2.45, 2.75) is 12.7 Å². The molecule has 1 aromatic heterocycles. The number of rotatable bonds is 2. The van der Waals surface area contributed by atoms with E-state index in [0.29, 0.717) is 5.75 Å². The first-order valence-electron chi connectivity index (χ1n) is 2.79. The quantitative estimate of drug-likeness (QED) is 0.684. The van der Waals surface area contributed by atoms with E-state index in [1.165, 1.54) is 11.8 Å². The van der Waals surface area contributed by atoms with Crippen LogP contribution in [-0.4, -0.2) is 10.1 Å². The Morgan fingerprint density at radius 3 is 3.20 bits per heavy atom. The highest BCUT2D eigenvalue weighted by Crippen LogP contribution is 2.11. The van der Waals surface area contributed by atoms with E-state index in [1.807, 2.05) is 5.38 Å². The largest absolute Gasteiger partial charge is 0.288 e. The lowest BCUT2D eigenvalue weighted by Gasteiger charge is -1.89. The molecular weight excluding hydrogens is 166 g/mol. The number of carbonyl (C=O) groups is 1. The molecule has 1 rings (SSSR count). The van der Waals surface area contributed by atoms with Gasteiger partial charge in [-0.25, -0.2) is 4.98 Å². The van der Waals surface area contributed by atoms with Gasteiger partial charge in [0.2, 0.25) is 0 Å². The molecule has 1 heterocycles. The molecule has 0 unspecified atom stereocenters. The summed E-state index contributed by atoms with van der Waals surface area (Å²) >= 11 is 2.85. The van der Waals surface area contributed by atoms with Crippen LogP contribution >= 0.6 is 23.1 Å². The fourth-order valence-electron chi connectivity index (χ4n) is 0.484. The number of hydrogen-bond acceptors (Lipinski definition) is 4. The molecule has 0 N–H and O–H groups in total. The van der Waals surface area contributed by atoms with Crippen molar-refractivity contribution in [2.24, 2.45) is 0 Å². The second kappa shape index (κ2) is 3.73. The molecule has 0 aliphatic heterocycles. The molecule has 0 aliphatic rings. The topological polar surface area (TPSA) is 30.0 Å². The summed E-state index contributed by atoms with van der Waals surface area (Å²) in [5, 5.41) is 2.10. The van der Waals surface area contributed by atoms with Crippen molar-refractivity contribution in [1.82, 2.24) is 4.98 Å². The monoisotopic (exact) mass is 173 g/mol. The normalized spacial score (nSPS) is 9.70. The van der Waals surface area contributed by atoms with Crippen LogP contribution in [0.15, 0.2) is 10.9 Å². The van der Waals surface area contributed by atoms with Gasteiger partial charge in [-0.1, -0.05) is 11.8 Å². The van der Waals surface area contributed by atoms with Gasteiger partial charge in [-0.2, -0.15) is 0 Å². The molecule has 4 heteroatoms. The Labute approximate surface area is 67.7 Å². The van der Waals surface area contributed by atoms with Crippen molar-refractivity contribution in [1.29, 1.82) is 0 Å². The summed E-state index contributed by atoms with van der Waals surface area (Å²) in [5.41, 5.74) is 2.76. The molecule has 2 nitrogen and oxygen atoms in total. The van der Waals surface area contributed by atoms with Crippen LogP contribution in [-0.2, 0) is 10.5 Å². The summed E-state index contributed by atoms with van der Waals surface area (Å²) in [6.45, 7) is 1.57. The molecule has 0 fully saturated rings. The van der Waals surface area contributed by atoms with Crippen molar-refractivity contribution in [3.8, 4) is 0 Å². The summed E-state index contributed by atoms with van der Waals surface area (Å²) in [5.74, 6) is 0.707. The maximum Gasteiger partial charge on any atom is 0.186 e. The Kier molecular flexibility index (Phi) is 2.89. The van der Waals surface area contributed by atoms with Gasteiger partial charge in [0.15, 0.2) is 5.12 Å². The highest BCUT2D eigenvalue weighted by atomic mass is 32.2. The minimum absolute atomic E-state index is 0.146. The number of thiazole rings is 1. The first kappa shape index (κ1) is 7.75. The van der Waals surface area contributed by atoms with Crippen molar-refractivity contribution in [3.05, 3.63) is 16.6 Å². The smallest absolute Gasteiger partial charge is 0.186 e. The Hall–Kier alpha value is -0.350. The van der Waals surface area contributed by atoms with Crippen LogP contribution in [0.2, 0.25) is 0 Å². The van der Waals surface area contributed by atoms with Crippen LogP contribution in [0.4, 0.5) is 0 Å². The molecule has 0 aromatic carbocycles. The summed E-state index contributed by atoms with van der Waals surface area (Å²) in [6, 6.07) is 0. The minimum atomic E-state index is 0.146. The average molecular weight is 173 g/mol. The van der Waals surface area contributed by atoms with Gasteiger partial charge in [-0.05, 0) is 0 Å². The van der Waals surface area contributed by atoms with E-state index in [1.54, 1.807) is 23.8 Å². The molecule has 0 spiro atoms. The van der Waals surface area contributed by atoms with Crippen LogP contribution in [0.3, 0.4) is 0 Å². The van der Waals surface area contributed by atoms with Crippen LogP contribution < -0.4 is 0 Å². The van der Waals surface area contributed by atoms with Crippen molar-refractivity contribution in [3.63, 3.8) is 0 Å². The SMILES string of the molecule is CC(=O)SCc1cscn1. The highest BCUT2D eigenvalue weighted by molar-refractivity contribution is 8.12. The number of thioether (sulfide) groups is 1. The predicted molar refractivity (Wildman–Crippen MR) is 44.1 cm³/mol. The van der Waals surface area contributed by atoms with Gasteiger partial charge in [-0.3, -0.25) is 4.79 Å². The van der Waals surface area contributed by atoms with Gasteiger partial charge < -0.3 is 0 Å². The average Bonchev–Trinajstić information content (AvgIpc) is 2.34. The second-order valence-corrected chi connectivity index (χ2v) is 3.63. The predicted octanol–water partition coefficient (Wildman–Crippen LogP) is 1.92. The lowest BCUT2D eigenvalue weighted by atomic mass is 10.6. The Morgan fingerprint density at radius 2 is 2.70 bits per heavy atom. The summed E-state index contributed by atoms with van der Waals surface area (Å²) in [7, 11) is 0. The molecule has 0 saturated heterocycles. The van der Waals surface area contributed by atoms with Crippen molar-refractivity contribution < 1.29 is 4.79 Å². The molecule has 54 valence electrons. The Morgan fingerprint density at radius 1 is 1.90 bits per heavy atom. The van der Waals surface area contributed by atoms with Gasteiger partial charge in [0.05, 0.1) is 11.2 Å². The highest BCUT2D eigenvalue weighted by Gasteiger charge is 1.97. The lowest BCUT2D eigenvalue weighted by molar-refractivity contribution is -0.109. The summed E-state index contributed by atoms with van der Waals surface area (Å²) in [6.07, 6.45) is 0. The molecule has 0 saturated carbocycles. The number of aromatic nitrogens is 1. The van der Waals surface area contributed by atoms with Crippen LogP contribution in [0.5, 0.6) is 0 Å². The van der Waals surface area contributed by atoms with E-state index in [0.717, 1.165) is 5.69 Å². The first-order chi connectivity index (χ1) is 4.79. The molecule has 0 bridgehead atoms. The fraction of sp³-hybridized carbons (Fsp3) is 0.333. The number of nitrogens with zero attached hydrogens (tertiary/aromatic N) is 1. The van der Waals surface area contributed by atoms with Crippen LogP contribution in [0, 0.1) is 0 Å². The fourth-order valence-corrected chi connectivity index (χ4v) is 1.66. The zero-order chi connectivity index (χ0) is 7.40. The van der Waals surface area contributed by atoms with Crippen LogP contribution in [0.1, 0.15) is 12.6 Å². The zero-order valence-electron chi connectivity index (χ0n) is 5.53. The molecule has 0 aliphatic carbocycles. The van der Waals surface area contributed by atoms with E-state index in [2.05, 4.69) is 4.98 Å². The van der Waals surface area contributed by atoms with Gasteiger partial charge in [0.25, 0.3) is 0 Å². The lowest BCUT2D eigenvalue weighted by Crippen LogP contribution is -1.84. The molecule has 10 heavy (non-hydrogen) atoms.